The Bertz CT molecular complexity index is 949. The molecule has 0 saturated carbocycles. The number of aryl methyl sites for hydroxylation is 1. The van der Waals surface area contributed by atoms with Gasteiger partial charge >= 0.3 is 0 Å². The van der Waals surface area contributed by atoms with Crippen molar-refractivity contribution >= 4 is 11.3 Å². The molecule has 1 saturated heterocycles. The Hall–Kier alpha value is -2.87. The van der Waals surface area contributed by atoms with E-state index in [1.165, 1.54) is 0 Å². The van der Waals surface area contributed by atoms with E-state index in [1.54, 1.807) is 25.1 Å². The van der Waals surface area contributed by atoms with Gasteiger partial charge in [-0.05, 0) is 30.7 Å². The lowest BCUT2D eigenvalue weighted by molar-refractivity contribution is 0.245. The molecule has 4 rings (SSSR count). The van der Waals surface area contributed by atoms with Crippen molar-refractivity contribution in [2.75, 3.05) is 45.3 Å². The highest BCUT2D eigenvalue weighted by Gasteiger charge is 2.22. The van der Waals surface area contributed by atoms with Gasteiger partial charge in [-0.1, -0.05) is 6.92 Å². The van der Waals surface area contributed by atoms with E-state index < -0.39 is 0 Å². The Morgan fingerprint density at radius 2 is 1.86 bits per heavy atom. The van der Waals surface area contributed by atoms with E-state index in [0.29, 0.717) is 0 Å². The van der Waals surface area contributed by atoms with Crippen LogP contribution in [0.4, 0.5) is 5.69 Å². The number of benzene rings is 1. The fraction of sp³-hybridized carbons (Fsp3) is 0.450. The summed E-state index contributed by atoms with van der Waals surface area (Å²) in [5.41, 5.74) is 4.13. The van der Waals surface area contributed by atoms with Gasteiger partial charge in [-0.25, -0.2) is 0 Å². The van der Waals surface area contributed by atoms with Crippen LogP contribution >= 0.6 is 0 Å². The number of methoxy groups -OCH3 is 2. The van der Waals surface area contributed by atoms with Crippen LogP contribution in [0.15, 0.2) is 30.6 Å². The average Bonchev–Trinajstić information content (AvgIpc) is 3.22. The third-order valence-electron chi connectivity index (χ3n) is 5.26. The number of rotatable bonds is 6. The van der Waals surface area contributed by atoms with Crippen LogP contribution < -0.4 is 14.4 Å². The second-order valence-corrected chi connectivity index (χ2v) is 6.91. The predicted molar refractivity (Wildman–Crippen MR) is 107 cm³/mol. The van der Waals surface area contributed by atoms with Gasteiger partial charge in [0, 0.05) is 38.3 Å². The summed E-state index contributed by atoms with van der Waals surface area (Å²) < 4.78 is 12.7. The van der Waals surface area contributed by atoms with E-state index in [4.69, 9.17) is 9.47 Å². The Labute approximate surface area is 164 Å². The summed E-state index contributed by atoms with van der Waals surface area (Å²) >= 11 is 0. The summed E-state index contributed by atoms with van der Waals surface area (Å²) in [6.07, 6.45) is 2.56. The molecule has 8 heteroatoms. The molecule has 0 radical (unpaired) electrons. The Morgan fingerprint density at radius 1 is 1.04 bits per heavy atom. The van der Waals surface area contributed by atoms with Crippen LogP contribution in [0.2, 0.25) is 0 Å². The second kappa shape index (κ2) is 8.02. The standard InChI is InChI=1S/C20H26N6O2/c1-4-16-12-18(20-22-21-14-26(20)23-16)25-9-7-24(8-10-25)13-15-11-17(27-2)5-6-19(15)28-3/h5-6,11-12,14H,4,7-10,13H2,1-3H3. The molecule has 8 nitrogen and oxygen atoms in total. The van der Waals surface area contributed by atoms with E-state index in [0.717, 1.165) is 73.2 Å². The van der Waals surface area contributed by atoms with Crippen molar-refractivity contribution in [2.24, 2.45) is 0 Å². The molecule has 3 heterocycles. The monoisotopic (exact) mass is 382 g/mol. The molecule has 3 aromatic rings. The highest BCUT2D eigenvalue weighted by Crippen LogP contribution is 2.27. The van der Waals surface area contributed by atoms with Crippen molar-refractivity contribution in [3.8, 4) is 11.5 Å². The number of fused-ring (bicyclic) bond motifs is 1. The lowest BCUT2D eigenvalue weighted by Gasteiger charge is -2.36. The Kier molecular flexibility index (Phi) is 5.29. The third kappa shape index (κ3) is 3.60. The maximum absolute atomic E-state index is 5.52. The van der Waals surface area contributed by atoms with Crippen molar-refractivity contribution in [3.05, 3.63) is 41.9 Å². The molecule has 148 valence electrons. The minimum Gasteiger partial charge on any atom is -0.497 e. The van der Waals surface area contributed by atoms with Crippen LogP contribution in [-0.4, -0.2) is 65.1 Å². The topological polar surface area (TPSA) is 68.0 Å². The summed E-state index contributed by atoms with van der Waals surface area (Å²) in [6.45, 7) is 6.74. The fourth-order valence-electron chi connectivity index (χ4n) is 3.66. The van der Waals surface area contributed by atoms with Crippen LogP contribution in [0.1, 0.15) is 18.2 Å². The molecule has 28 heavy (non-hydrogen) atoms. The van der Waals surface area contributed by atoms with E-state index in [2.05, 4.69) is 44.2 Å². The summed E-state index contributed by atoms with van der Waals surface area (Å²) in [5.74, 6) is 1.75. The molecule has 1 aliphatic heterocycles. The minimum absolute atomic E-state index is 0.820. The zero-order chi connectivity index (χ0) is 19.5. The average molecular weight is 382 g/mol. The molecule has 0 unspecified atom stereocenters. The van der Waals surface area contributed by atoms with Gasteiger partial charge in [0.05, 0.1) is 25.6 Å². The highest BCUT2D eigenvalue weighted by molar-refractivity contribution is 5.68. The molecule has 1 aromatic carbocycles. The van der Waals surface area contributed by atoms with E-state index in [9.17, 15) is 0 Å². The molecular weight excluding hydrogens is 356 g/mol. The Morgan fingerprint density at radius 3 is 2.57 bits per heavy atom. The molecule has 0 spiro atoms. The number of hydrogen-bond donors (Lipinski definition) is 0. The van der Waals surface area contributed by atoms with Crippen LogP contribution in [0.5, 0.6) is 11.5 Å². The summed E-state index contributed by atoms with van der Waals surface area (Å²) in [7, 11) is 3.40. The van der Waals surface area contributed by atoms with Gasteiger partial charge in [0.1, 0.15) is 17.8 Å². The second-order valence-electron chi connectivity index (χ2n) is 6.91. The summed E-state index contributed by atoms with van der Waals surface area (Å²) in [4.78, 5) is 4.82. The van der Waals surface area contributed by atoms with Crippen LogP contribution in [0.3, 0.4) is 0 Å². The van der Waals surface area contributed by atoms with Gasteiger partial charge in [0.25, 0.3) is 0 Å². The van der Waals surface area contributed by atoms with Crippen molar-refractivity contribution in [2.45, 2.75) is 19.9 Å². The molecule has 2 aromatic heterocycles. The molecule has 0 bridgehead atoms. The van der Waals surface area contributed by atoms with Gasteiger partial charge in [-0.2, -0.15) is 9.61 Å². The van der Waals surface area contributed by atoms with Gasteiger partial charge in [0.2, 0.25) is 5.65 Å². The number of hydrogen-bond acceptors (Lipinski definition) is 7. The van der Waals surface area contributed by atoms with E-state index in [-0.39, 0.29) is 0 Å². The number of aromatic nitrogens is 4. The first-order chi connectivity index (χ1) is 13.7. The highest BCUT2D eigenvalue weighted by atomic mass is 16.5. The summed E-state index contributed by atoms with van der Waals surface area (Å²) in [5, 5.41) is 12.8. The number of nitrogens with zero attached hydrogens (tertiary/aromatic N) is 6. The van der Waals surface area contributed by atoms with Crippen LogP contribution in [0.25, 0.3) is 5.65 Å². The maximum Gasteiger partial charge on any atom is 0.200 e. The first-order valence-electron chi connectivity index (χ1n) is 9.60. The third-order valence-corrected chi connectivity index (χ3v) is 5.26. The van der Waals surface area contributed by atoms with E-state index >= 15 is 0 Å². The summed E-state index contributed by atoms with van der Waals surface area (Å²) in [6, 6.07) is 8.10. The lowest BCUT2D eigenvalue weighted by atomic mass is 10.1. The maximum atomic E-state index is 5.52. The van der Waals surface area contributed by atoms with Crippen molar-refractivity contribution in [1.82, 2.24) is 24.7 Å². The van der Waals surface area contributed by atoms with Gasteiger partial charge < -0.3 is 14.4 Å². The fourth-order valence-corrected chi connectivity index (χ4v) is 3.66. The normalized spacial score (nSPS) is 15.2. The smallest absolute Gasteiger partial charge is 0.200 e. The molecule has 0 atom stereocenters. The predicted octanol–water partition coefficient (Wildman–Crippen LogP) is 2.03. The number of piperazine rings is 1. The van der Waals surface area contributed by atoms with Crippen LogP contribution in [0, 0.1) is 0 Å². The molecular formula is C20H26N6O2. The van der Waals surface area contributed by atoms with Crippen LogP contribution in [-0.2, 0) is 13.0 Å². The zero-order valence-corrected chi connectivity index (χ0v) is 16.6. The molecule has 0 amide bonds. The lowest BCUT2D eigenvalue weighted by Crippen LogP contribution is -2.46. The van der Waals surface area contributed by atoms with Crippen molar-refractivity contribution in [1.29, 1.82) is 0 Å². The zero-order valence-electron chi connectivity index (χ0n) is 16.6. The molecule has 0 aliphatic carbocycles. The number of anilines is 1. The van der Waals surface area contributed by atoms with Gasteiger partial charge in [0.15, 0.2) is 0 Å². The Balaban J connectivity index is 1.48. The molecule has 1 aliphatic rings. The molecule has 1 fully saturated rings. The molecule has 0 N–H and O–H groups in total. The first-order valence-corrected chi connectivity index (χ1v) is 9.60. The van der Waals surface area contributed by atoms with Crippen molar-refractivity contribution < 1.29 is 9.47 Å². The SMILES string of the molecule is CCc1cc(N2CCN(Cc3cc(OC)ccc3OC)CC2)c2nncn2n1. The quantitative estimate of drug-likeness (QED) is 0.646. The first kappa shape index (κ1) is 18.5. The van der Waals surface area contributed by atoms with Gasteiger partial charge in [-0.15, -0.1) is 10.2 Å². The number of ether oxygens (including phenoxy) is 2. The minimum atomic E-state index is 0.820. The van der Waals surface area contributed by atoms with Crippen molar-refractivity contribution in [3.63, 3.8) is 0 Å². The van der Waals surface area contributed by atoms with Gasteiger partial charge in [-0.3, -0.25) is 4.90 Å². The largest absolute Gasteiger partial charge is 0.497 e. The van der Waals surface area contributed by atoms with E-state index in [1.807, 2.05) is 12.1 Å².